The van der Waals surface area contributed by atoms with E-state index in [0.717, 1.165) is 10.1 Å². The second-order valence-corrected chi connectivity index (χ2v) is 5.18. The third-order valence-corrected chi connectivity index (χ3v) is 3.63. The van der Waals surface area contributed by atoms with Crippen molar-refractivity contribution in [1.82, 2.24) is 14.8 Å². The van der Waals surface area contributed by atoms with Gasteiger partial charge in [-0.3, -0.25) is 0 Å². The van der Waals surface area contributed by atoms with E-state index in [1.54, 1.807) is 17.8 Å². The van der Waals surface area contributed by atoms with Gasteiger partial charge < -0.3 is 5.73 Å². The van der Waals surface area contributed by atoms with Crippen LogP contribution in [0.4, 0.5) is 4.39 Å². The van der Waals surface area contributed by atoms with Crippen LogP contribution in [0.25, 0.3) is 0 Å². The van der Waals surface area contributed by atoms with Crippen LogP contribution >= 0.6 is 11.8 Å². The van der Waals surface area contributed by atoms with Crippen LogP contribution < -0.4 is 5.73 Å². The standard InChI is InChI=1S/C12H15FN4S/c1-8(14)6-9-10(13)4-3-5-11(9)18-12-15-7-16-17(12)2/h3-5,7-8H,6,14H2,1-2H3. The Kier molecular flexibility index (Phi) is 3.98. The summed E-state index contributed by atoms with van der Waals surface area (Å²) in [5.41, 5.74) is 6.40. The average Bonchev–Trinajstić information content (AvgIpc) is 2.69. The molecule has 0 saturated heterocycles. The van der Waals surface area contributed by atoms with Gasteiger partial charge in [0, 0.05) is 23.5 Å². The predicted octanol–water partition coefficient (Wildman–Crippen LogP) is 2.00. The van der Waals surface area contributed by atoms with Crippen molar-refractivity contribution in [1.29, 1.82) is 0 Å². The largest absolute Gasteiger partial charge is 0.328 e. The monoisotopic (exact) mass is 266 g/mol. The number of rotatable bonds is 4. The molecule has 6 heteroatoms. The van der Waals surface area contributed by atoms with E-state index in [1.807, 2.05) is 13.0 Å². The van der Waals surface area contributed by atoms with E-state index in [1.165, 1.54) is 24.2 Å². The third kappa shape index (κ3) is 2.88. The van der Waals surface area contributed by atoms with Gasteiger partial charge in [-0.15, -0.1) is 0 Å². The van der Waals surface area contributed by atoms with E-state index in [0.29, 0.717) is 12.0 Å². The second-order valence-electron chi connectivity index (χ2n) is 4.17. The summed E-state index contributed by atoms with van der Waals surface area (Å²) >= 11 is 1.40. The fourth-order valence-electron chi connectivity index (χ4n) is 1.63. The minimum absolute atomic E-state index is 0.0826. The molecule has 2 rings (SSSR count). The number of benzene rings is 1. The van der Waals surface area contributed by atoms with Crippen molar-refractivity contribution in [3.63, 3.8) is 0 Å². The van der Waals surface area contributed by atoms with Crippen LogP contribution in [0.5, 0.6) is 0 Å². The highest BCUT2D eigenvalue weighted by Crippen LogP contribution is 2.30. The Balaban J connectivity index is 2.32. The Bertz CT molecular complexity index is 539. The molecule has 0 aliphatic carbocycles. The molecule has 0 bridgehead atoms. The second kappa shape index (κ2) is 5.49. The molecule has 1 unspecified atom stereocenters. The van der Waals surface area contributed by atoms with Crippen LogP contribution in [0.15, 0.2) is 34.6 Å². The summed E-state index contributed by atoms with van der Waals surface area (Å²) < 4.78 is 15.5. The maximum absolute atomic E-state index is 13.8. The molecule has 1 aromatic heterocycles. The molecule has 1 aromatic carbocycles. The highest BCUT2D eigenvalue weighted by molar-refractivity contribution is 7.99. The molecule has 1 atom stereocenters. The molecule has 0 saturated carbocycles. The molecule has 0 amide bonds. The third-order valence-electron chi connectivity index (χ3n) is 2.47. The van der Waals surface area contributed by atoms with Crippen LogP contribution in [0.1, 0.15) is 12.5 Å². The maximum atomic E-state index is 13.8. The van der Waals surface area contributed by atoms with Crippen molar-refractivity contribution in [2.24, 2.45) is 12.8 Å². The average molecular weight is 266 g/mol. The smallest absolute Gasteiger partial charge is 0.190 e. The van der Waals surface area contributed by atoms with Crippen molar-refractivity contribution in [3.05, 3.63) is 35.9 Å². The molecule has 4 nitrogen and oxygen atoms in total. The molecule has 0 spiro atoms. The maximum Gasteiger partial charge on any atom is 0.190 e. The molecule has 0 fully saturated rings. The number of hydrogen-bond acceptors (Lipinski definition) is 4. The van der Waals surface area contributed by atoms with Crippen molar-refractivity contribution < 1.29 is 4.39 Å². The van der Waals surface area contributed by atoms with Gasteiger partial charge in [0.1, 0.15) is 12.1 Å². The summed E-state index contributed by atoms with van der Waals surface area (Å²) in [4.78, 5) is 4.96. The highest BCUT2D eigenvalue weighted by atomic mass is 32.2. The lowest BCUT2D eigenvalue weighted by Gasteiger charge is -2.11. The highest BCUT2D eigenvalue weighted by Gasteiger charge is 2.13. The normalized spacial score (nSPS) is 12.7. The van der Waals surface area contributed by atoms with Crippen LogP contribution in [-0.4, -0.2) is 20.8 Å². The van der Waals surface area contributed by atoms with E-state index in [9.17, 15) is 4.39 Å². The summed E-state index contributed by atoms with van der Waals surface area (Å²) in [6.07, 6.45) is 1.99. The van der Waals surface area contributed by atoms with Gasteiger partial charge >= 0.3 is 0 Å². The Hall–Kier alpha value is -1.40. The van der Waals surface area contributed by atoms with Crippen LogP contribution in [0.3, 0.4) is 0 Å². The van der Waals surface area contributed by atoms with Gasteiger partial charge in [0.2, 0.25) is 0 Å². The molecule has 2 N–H and O–H groups in total. The van der Waals surface area contributed by atoms with Crippen molar-refractivity contribution in [3.8, 4) is 0 Å². The summed E-state index contributed by atoms with van der Waals surface area (Å²) in [5, 5.41) is 4.72. The quantitative estimate of drug-likeness (QED) is 0.919. The zero-order chi connectivity index (χ0) is 13.1. The molecular formula is C12H15FN4S. The van der Waals surface area contributed by atoms with Gasteiger partial charge in [-0.25, -0.2) is 14.1 Å². The molecule has 1 heterocycles. The van der Waals surface area contributed by atoms with Gasteiger partial charge in [0.15, 0.2) is 5.16 Å². The summed E-state index contributed by atoms with van der Waals surface area (Å²) in [6.45, 7) is 1.86. The Labute approximate surface area is 109 Å². The zero-order valence-corrected chi connectivity index (χ0v) is 11.1. The number of nitrogens with two attached hydrogens (primary N) is 1. The lowest BCUT2D eigenvalue weighted by atomic mass is 10.1. The zero-order valence-electron chi connectivity index (χ0n) is 10.3. The summed E-state index contributed by atoms with van der Waals surface area (Å²) in [6, 6.07) is 4.94. The Morgan fingerprint density at radius 3 is 2.89 bits per heavy atom. The van der Waals surface area contributed by atoms with Crippen molar-refractivity contribution in [2.45, 2.75) is 29.4 Å². The predicted molar refractivity (Wildman–Crippen MR) is 68.9 cm³/mol. The van der Waals surface area contributed by atoms with Gasteiger partial charge in [-0.2, -0.15) is 5.10 Å². The number of aryl methyl sites for hydroxylation is 1. The first-order valence-corrected chi connectivity index (χ1v) is 6.44. The Morgan fingerprint density at radius 2 is 2.28 bits per heavy atom. The van der Waals surface area contributed by atoms with Crippen molar-refractivity contribution >= 4 is 11.8 Å². The van der Waals surface area contributed by atoms with E-state index < -0.39 is 0 Å². The fraction of sp³-hybridized carbons (Fsp3) is 0.333. The van der Waals surface area contributed by atoms with E-state index in [-0.39, 0.29) is 11.9 Å². The van der Waals surface area contributed by atoms with E-state index in [2.05, 4.69) is 10.1 Å². The molecule has 0 aliphatic heterocycles. The summed E-state index contributed by atoms with van der Waals surface area (Å²) in [5.74, 6) is -0.223. The first kappa shape index (κ1) is 13.0. The SMILES string of the molecule is CC(N)Cc1c(F)cccc1Sc1ncnn1C. The molecule has 18 heavy (non-hydrogen) atoms. The molecule has 96 valence electrons. The summed E-state index contributed by atoms with van der Waals surface area (Å²) in [7, 11) is 1.81. The lowest BCUT2D eigenvalue weighted by molar-refractivity contribution is 0.588. The number of hydrogen-bond donors (Lipinski definition) is 1. The lowest BCUT2D eigenvalue weighted by Crippen LogP contribution is -2.19. The first-order chi connectivity index (χ1) is 8.58. The van der Waals surface area contributed by atoms with Gasteiger partial charge in [0.05, 0.1) is 0 Å². The van der Waals surface area contributed by atoms with E-state index in [4.69, 9.17) is 5.73 Å². The number of halogens is 1. The number of aromatic nitrogens is 3. The molecule has 0 aliphatic rings. The van der Waals surface area contributed by atoms with E-state index >= 15 is 0 Å². The first-order valence-electron chi connectivity index (χ1n) is 5.62. The molecule has 2 aromatic rings. The van der Waals surface area contributed by atoms with Crippen LogP contribution in [-0.2, 0) is 13.5 Å². The van der Waals surface area contributed by atoms with Crippen molar-refractivity contribution in [2.75, 3.05) is 0 Å². The molecule has 0 radical (unpaired) electrons. The number of nitrogens with zero attached hydrogens (tertiary/aromatic N) is 3. The van der Waals surface area contributed by atoms with Crippen LogP contribution in [0, 0.1) is 5.82 Å². The van der Waals surface area contributed by atoms with Crippen LogP contribution in [0.2, 0.25) is 0 Å². The minimum atomic E-state index is -0.223. The van der Waals surface area contributed by atoms with Gasteiger partial charge in [-0.1, -0.05) is 6.07 Å². The van der Waals surface area contributed by atoms with Gasteiger partial charge in [0.25, 0.3) is 0 Å². The minimum Gasteiger partial charge on any atom is -0.328 e. The van der Waals surface area contributed by atoms with Gasteiger partial charge in [-0.05, 0) is 37.2 Å². The fourth-order valence-corrected chi connectivity index (χ4v) is 2.56. The Morgan fingerprint density at radius 1 is 1.50 bits per heavy atom. The topological polar surface area (TPSA) is 56.7 Å². The molecular weight excluding hydrogens is 251 g/mol.